The number of rotatable bonds is 9. The molecule has 0 saturated heterocycles. The SMILES string of the molecule is COc1cccc(OC)c1CNC(=O)CCc1ccc(S(=O)(=O)N(C)C)cc1. The number of nitrogens with zero attached hydrogens (tertiary/aromatic N) is 1. The minimum absolute atomic E-state index is 0.113. The molecule has 0 fully saturated rings. The van der Waals surface area contributed by atoms with E-state index in [0.717, 1.165) is 11.1 Å². The van der Waals surface area contributed by atoms with Gasteiger partial charge in [-0.3, -0.25) is 4.79 Å². The molecule has 0 unspecified atom stereocenters. The van der Waals surface area contributed by atoms with E-state index < -0.39 is 10.0 Å². The van der Waals surface area contributed by atoms with E-state index in [1.807, 2.05) is 18.2 Å². The predicted molar refractivity (Wildman–Crippen MR) is 107 cm³/mol. The summed E-state index contributed by atoms with van der Waals surface area (Å²) in [5.74, 6) is 1.19. The number of nitrogens with one attached hydrogen (secondary N) is 1. The van der Waals surface area contributed by atoms with Gasteiger partial charge in [-0.15, -0.1) is 0 Å². The van der Waals surface area contributed by atoms with Crippen molar-refractivity contribution in [3.8, 4) is 11.5 Å². The van der Waals surface area contributed by atoms with Crippen LogP contribution in [-0.2, 0) is 27.8 Å². The van der Waals surface area contributed by atoms with Crippen LogP contribution in [0.15, 0.2) is 47.4 Å². The summed E-state index contributed by atoms with van der Waals surface area (Å²) in [6, 6.07) is 12.0. The highest BCUT2D eigenvalue weighted by Crippen LogP contribution is 2.27. The zero-order valence-electron chi connectivity index (χ0n) is 16.6. The maximum Gasteiger partial charge on any atom is 0.242 e. The summed E-state index contributed by atoms with van der Waals surface area (Å²) in [6.07, 6.45) is 0.800. The quantitative estimate of drug-likeness (QED) is 0.690. The second-order valence-electron chi connectivity index (χ2n) is 6.35. The topological polar surface area (TPSA) is 84.9 Å². The van der Waals surface area contributed by atoms with Crippen molar-refractivity contribution < 1.29 is 22.7 Å². The molecular formula is C20H26N2O5S. The number of carbonyl (C=O) groups is 1. The van der Waals surface area contributed by atoms with Crippen LogP contribution in [0.25, 0.3) is 0 Å². The smallest absolute Gasteiger partial charge is 0.242 e. The Balaban J connectivity index is 1.93. The first-order valence-electron chi connectivity index (χ1n) is 8.77. The number of amides is 1. The molecule has 0 aromatic heterocycles. The summed E-state index contributed by atoms with van der Waals surface area (Å²) < 4.78 is 36.0. The molecule has 0 spiro atoms. The van der Waals surface area contributed by atoms with Crippen LogP contribution in [0, 0.1) is 0 Å². The summed E-state index contributed by atoms with van der Waals surface area (Å²) in [7, 11) is 2.67. The van der Waals surface area contributed by atoms with Gasteiger partial charge in [0, 0.05) is 20.5 Å². The molecule has 0 radical (unpaired) electrons. The molecule has 0 bridgehead atoms. The molecule has 152 valence electrons. The number of methoxy groups -OCH3 is 2. The third kappa shape index (κ3) is 5.24. The van der Waals surface area contributed by atoms with E-state index in [0.29, 0.717) is 24.5 Å². The lowest BCUT2D eigenvalue weighted by Crippen LogP contribution is -2.23. The molecule has 1 amide bonds. The number of ether oxygens (including phenoxy) is 2. The fourth-order valence-electron chi connectivity index (χ4n) is 2.67. The number of benzene rings is 2. The van der Waals surface area contributed by atoms with Crippen molar-refractivity contribution in [2.75, 3.05) is 28.3 Å². The number of sulfonamides is 1. The molecule has 2 aromatic carbocycles. The second kappa shape index (κ2) is 9.57. The van der Waals surface area contributed by atoms with Gasteiger partial charge in [-0.25, -0.2) is 12.7 Å². The largest absolute Gasteiger partial charge is 0.496 e. The Bertz CT molecular complexity index is 886. The van der Waals surface area contributed by atoms with E-state index in [-0.39, 0.29) is 17.2 Å². The highest BCUT2D eigenvalue weighted by Gasteiger charge is 2.16. The molecule has 8 heteroatoms. The molecule has 0 heterocycles. The Morgan fingerprint density at radius 2 is 1.57 bits per heavy atom. The molecule has 0 aliphatic carbocycles. The molecule has 0 aliphatic heterocycles. The van der Waals surface area contributed by atoms with Crippen molar-refractivity contribution >= 4 is 15.9 Å². The number of carbonyl (C=O) groups excluding carboxylic acids is 1. The normalized spacial score (nSPS) is 11.3. The monoisotopic (exact) mass is 406 g/mol. The van der Waals surface area contributed by atoms with Crippen LogP contribution in [0.5, 0.6) is 11.5 Å². The fourth-order valence-corrected chi connectivity index (χ4v) is 3.58. The van der Waals surface area contributed by atoms with Crippen LogP contribution < -0.4 is 14.8 Å². The Kier molecular flexibility index (Phi) is 7.42. The first-order chi connectivity index (χ1) is 13.3. The standard InChI is InChI=1S/C20H26N2O5S/c1-22(2)28(24,25)16-11-8-15(9-12-16)10-13-20(23)21-14-17-18(26-3)6-5-7-19(17)27-4/h5-9,11-12H,10,13-14H2,1-4H3,(H,21,23). The van der Waals surface area contributed by atoms with Crippen LogP contribution in [0.3, 0.4) is 0 Å². The van der Waals surface area contributed by atoms with Crippen molar-refractivity contribution in [2.24, 2.45) is 0 Å². The summed E-state index contributed by atoms with van der Waals surface area (Å²) in [4.78, 5) is 12.4. The van der Waals surface area contributed by atoms with Crippen molar-refractivity contribution in [1.29, 1.82) is 0 Å². The lowest BCUT2D eigenvalue weighted by atomic mass is 10.1. The summed E-state index contributed by atoms with van der Waals surface area (Å²) >= 11 is 0. The molecule has 1 N–H and O–H groups in total. The molecule has 7 nitrogen and oxygen atoms in total. The Labute approximate surface area is 166 Å². The third-order valence-corrected chi connectivity index (χ3v) is 6.16. The van der Waals surface area contributed by atoms with Gasteiger partial charge in [-0.2, -0.15) is 0 Å². The number of hydrogen-bond donors (Lipinski definition) is 1. The highest BCUT2D eigenvalue weighted by atomic mass is 32.2. The van der Waals surface area contributed by atoms with E-state index in [1.165, 1.54) is 18.4 Å². The van der Waals surface area contributed by atoms with Gasteiger partial charge in [0.2, 0.25) is 15.9 Å². The lowest BCUT2D eigenvalue weighted by Gasteiger charge is -2.14. The van der Waals surface area contributed by atoms with E-state index in [2.05, 4.69) is 5.32 Å². The van der Waals surface area contributed by atoms with E-state index in [4.69, 9.17) is 9.47 Å². The maximum atomic E-state index is 12.2. The van der Waals surface area contributed by atoms with E-state index in [9.17, 15) is 13.2 Å². The number of hydrogen-bond acceptors (Lipinski definition) is 5. The van der Waals surface area contributed by atoms with Crippen LogP contribution in [0.1, 0.15) is 17.5 Å². The Morgan fingerprint density at radius 3 is 2.07 bits per heavy atom. The van der Waals surface area contributed by atoms with Gasteiger partial charge in [-0.05, 0) is 36.2 Å². The van der Waals surface area contributed by atoms with Gasteiger partial charge in [0.05, 0.1) is 31.2 Å². The van der Waals surface area contributed by atoms with Gasteiger partial charge >= 0.3 is 0 Å². The van der Waals surface area contributed by atoms with Crippen molar-refractivity contribution in [3.05, 3.63) is 53.6 Å². The highest BCUT2D eigenvalue weighted by molar-refractivity contribution is 7.89. The molecule has 2 rings (SSSR count). The van der Waals surface area contributed by atoms with Crippen molar-refractivity contribution in [1.82, 2.24) is 9.62 Å². The maximum absolute atomic E-state index is 12.2. The third-order valence-electron chi connectivity index (χ3n) is 4.33. The van der Waals surface area contributed by atoms with Gasteiger partial charge < -0.3 is 14.8 Å². The molecule has 2 aromatic rings. The first kappa shape index (κ1) is 21.7. The van der Waals surface area contributed by atoms with Gasteiger partial charge in [0.15, 0.2) is 0 Å². The molecule has 0 aliphatic rings. The van der Waals surface area contributed by atoms with Gasteiger partial charge in [0.25, 0.3) is 0 Å². The minimum Gasteiger partial charge on any atom is -0.496 e. The van der Waals surface area contributed by atoms with Crippen molar-refractivity contribution in [3.63, 3.8) is 0 Å². The average Bonchev–Trinajstić information content (AvgIpc) is 2.70. The molecule has 0 atom stereocenters. The van der Waals surface area contributed by atoms with Gasteiger partial charge in [-0.1, -0.05) is 18.2 Å². The number of aryl methyl sites for hydroxylation is 1. The van der Waals surface area contributed by atoms with Crippen molar-refractivity contribution in [2.45, 2.75) is 24.3 Å². The van der Waals surface area contributed by atoms with E-state index >= 15 is 0 Å². The second-order valence-corrected chi connectivity index (χ2v) is 8.50. The first-order valence-corrected chi connectivity index (χ1v) is 10.2. The summed E-state index contributed by atoms with van der Waals surface area (Å²) in [5, 5.41) is 2.87. The Morgan fingerprint density at radius 1 is 1.00 bits per heavy atom. The zero-order chi connectivity index (χ0) is 20.7. The molecule has 28 heavy (non-hydrogen) atoms. The van der Waals surface area contributed by atoms with Crippen LogP contribution >= 0.6 is 0 Å². The summed E-state index contributed by atoms with van der Waals surface area (Å²) in [5.41, 5.74) is 1.67. The minimum atomic E-state index is -3.45. The van der Waals surface area contributed by atoms with E-state index in [1.54, 1.807) is 38.5 Å². The molecule has 0 saturated carbocycles. The Hall–Kier alpha value is -2.58. The van der Waals surface area contributed by atoms with Crippen LogP contribution in [0.4, 0.5) is 0 Å². The van der Waals surface area contributed by atoms with Crippen LogP contribution in [0.2, 0.25) is 0 Å². The fraction of sp³-hybridized carbons (Fsp3) is 0.350. The average molecular weight is 407 g/mol. The lowest BCUT2D eigenvalue weighted by molar-refractivity contribution is -0.121. The summed E-state index contributed by atoms with van der Waals surface area (Å²) in [6.45, 7) is 0.298. The van der Waals surface area contributed by atoms with Crippen LogP contribution in [-0.4, -0.2) is 46.9 Å². The zero-order valence-corrected chi connectivity index (χ0v) is 17.4. The predicted octanol–water partition coefficient (Wildman–Crippen LogP) is 2.20. The molecular weight excluding hydrogens is 380 g/mol. The van der Waals surface area contributed by atoms with Gasteiger partial charge in [0.1, 0.15) is 11.5 Å².